The molecule has 0 atom stereocenters. The summed E-state index contributed by atoms with van der Waals surface area (Å²) < 4.78 is 6.84. The van der Waals surface area contributed by atoms with Gasteiger partial charge in [0.1, 0.15) is 0 Å². The molecule has 7 nitrogen and oxygen atoms in total. The number of nitrogen functional groups attached to an aromatic ring is 1. The van der Waals surface area contributed by atoms with Crippen LogP contribution in [0, 0.1) is 0 Å². The minimum atomic E-state index is -0.427. The van der Waals surface area contributed by atoms with E-state index in [1.807, 2.05) is 0 Å². The Hall–Kier alpha value is -2.31. The van der Waals surface area contributed by atoms with Crippen molar-refractivity contribution in [3.8, 4) is 11.6 Å². The van der Waals surface area contributed by atoms with E-state index >= 15 is 0 Å². The summed E-state index contributed by atoms with van der Waals surface area (Å²) in [5.74, 6) is 0.550. The summed E-state index contributed by atoms with van der Waals surface area (Å²) >= 11 is 0. The average Bonchev–Trinajstić information content (AvgIpc) is 2.59. The second-order valence-corrected chi connectivity index (χ2v) is 2.90. The van der Waals surface area contributed by atoms with Crippen LogP contribution in [0.2, 0.25) is 0 Å². The summed E-state index contributed by atoms with van der Waals surface area (Å²) in [6.07, 6.45) is 4.37. The lowest BCUT2D eigenvalue weighted by Crippen LogP contribution is -2.13. The van der Waals surface area contributed by atoms with Crippen molar-refractivity contribution in [1.29, 1.82) is 0 Å². The summed E-state index contributed by atoms with van der Waals surface area (Å²) in [6.45, 7) is 0. The Bertz CT molecular complexity index is 530. The third-order valence-corrected chi connectivity index (χ3v) is 1.75. The number of hydrogen-bond donors (Lipinski definition) is 2. The van der Waals surface area contributed by atoms with Crippen LogP contribution < -0.4 is 16.0 Å². The zero-order valence-corrected chi connectivity index (χ0v) is 7.97. The molecule has 0 saturated carbocycles. The van der Waals surface area contributed by atoms with Crippen LogP contribution in [0.15, 0.2) is 23.5 Å². The molecule has 0 aromatic carbocycles. The zero-order valence-electron chi connectivity index (χ0n) is 7.97. The highest BCUT2D eigenvalue weighted by atomic mass is 16.5. The van der Waals surface area contributed by atoms with Gasteiger partial charge in [-0.15, -0.1) is 0 Å². The van der Waals surface area contributed by atoms with Crippen LogP contribution >= 0.6 is 0 Å². The molecule has 0 saturated heterocycles. The van der Waals surface area contributed by atoms with Crippen LogP contribution in [0.3, 0.4) is 0 Å². The molecule has 0 amide bonds. The molecule has 0 spiro atoms. The number of nitrogens with zero attached hydrogens (tertiary/aromatic N) is 3. The molecular formula is C8H9N5O2. The third kappa shape index (κ3) is 1.80. The monoisotopic (exact) mass is 207 g/mol. The largest absolute Gasteiger partial charge is 0.434 e. The van der Waals surface area contributed by atoms with Gasteiger partial charge in [-0.3, -0.25) is 9.48 Å². The molecular weight excluding hydrogens is 198 g/mol. The van der Waals surface area contributed by atoms with Crippen molar-refractivity contribution in [3.63, 3.8) is 0 Å². The molecule has 0 aliphatic heterocycles. The van der Waals surface area contributed by atoms with Crippen molar-refractivity contribution >= 4 is 5.69 Å². The molecule has 3 N–H and O–H groups in total. The van der Waals surface area contributed by atoms with Gasteiger partial charge in [0.2, 0.25) is 5.88 Å². The van der Waals surface area contributed by atoms with Crippen molar-refractivity contribution in [2.75, 3.05) is 5.73 Å². The van der Waals surface area contributed by atoms with E-state index in [9.17, 15) is 4.79 Å². The maximum atomic E-state index is 11.1. The Kier molecular flexibility index (Phi) is 2.13. The van der Waals surface area contributed by atoms with Gasteiger partial charge in [0.15, 0.2) is 11.4 Å². The summed E-state index contributed by atoms with van der Waals surface area (Å²) in [6, 6.07) is 0. The number of aryl methyl sites for hydroxylation is 1. The van der Waals surface area contributed by atoms with Crippen LogP contribution in [0.4, 0.5) is 5.69 Å². The Balaban J connectivity index is 2.32. The summed E-state index contributed by atoms with van der Waals surface area (Å²) in [5.41, 5.74) is 5.00. The number of aromatic amines is 1. The normalized spacial score (nSPS) is 10.2. The number of rotatable bonds is 2. The van der Waals surface area contributed by atoms with E-state index in [0.29, 0.717) is 5.75 Å². The molecule has 78 valence electrons. The fraction of sp³-hybridized carbons (Fsp3) is 0.125. The lowest BCUT2D eigenvalue weighted by Gasteiger charge is -2.02. The minimum Gasteiger partial charge on any atom is -0.434 e. The molecule has 0 fully saturated rings. The molecule has 0 aliphatic rings. The first-order valence-corrected chi connectivity index (χ1v) is 4.16. The van der Waals surface area contributed by atoms with Crippen LogP contribution in [0.25, 0.3) is 0 Å². The lowest BCUT2D eigenvalue weighted by atomic mass is 10.5. The van der Waals surface area contributed by atoms with Crippen molar-refractivity contribution in [1.82, 2.24) is 19.7 Å². The Labute approximate surface area is 84.5 Å². The highest BCUT2D eigenvalue weighted by Gasteiger charge is 2.07. The number of ether oxygens (including phenoxy) is 1. The maximum Gasteiger partial charge on any atom is 0.277 e. The molecule has 7 heteroatoms. The van der Waals surface area contributed by atoms with Gasteiger partial charge < -0.3 is 15.5 Å². The topological polar surface area (TPSA) is 98.8 Å². The molecule has 2 heterocycles. The van der Waals surface area contributed by atoms with Gasteiger partial charge >= 0.3 is 0 Å². The predicted molar refractivity (Wildman–Crippen MR) is 52.6 cm³/mol. The lowest BCUT2D eigenvalue weighted by molar-refractivity contribution is 0.463. The van der Waals surface area contributed by atoms with E-state index in [1.54, 1.807) is 17.9 Å². The number of H-pyrrole nitrogens is 1. The van der Waals surface area contributed by atoms with E-state index in [-0.39, 0.29) is 11.6 Å². The fourth-order valence-electron chi connectivity index (χ4n) is 1.04. The van der Waals surface area contributed by atoms with E-state index < -0.39 is 5.56 Å². The van der Waals surface area contributed by atoms with E-state index in [1.165, 1.54) is 12.5 Å². The number of nitrogens with one attached hydrogen (secondary N) is 1. The maximum absolute atomic E-state index is 11.1. The number of anilines is 1. The van der Waals surface area contributed by atoms with Gasteiger partial charge in [-0.2, -0.15) is 5.10 Å². The van der Waals surface area contributed by atoms with Gasteiger partial charge in [0.25, 0.3) is 5.56 Å². The van der Waals surface area contributed by atoms with Gasteiger partial charge in [0.05, 0.1) is 18.7 Å². The van der Waals surface area contributed by atoms with Gasteiger partial charge in [-0.1, -0.05) is 0 Å². The minimum absolute atomic E-state index is 0.0543. The zero-order chi connectivity index (χ0) is 10.8. The number of hydrogen-bond acceptors (Lipinski definition) is 5. The van der Waals surface area contributed by atoms with E-state index in [0.717, 1.165) is 0 Å². The van der Waals surface area contributed by atoms with Crippen LogP contribution in [0.5, 0.6) is 11.6 Å². The van der Waals surface area contributed by atoms with Crippen LogP contribution in [-0.4, -0.2) is 19.7 Å². The van der Waals surface area contributed by atoms with Crippen molar-refractivity contribution in [2.45, 2.75) is 0 Å². The predicted octanol–water partition coefficient (Wildman–Crippen LogP) is -0.122. The molecule has 0 radical (unpaired) electrons. The summed E-state index contributed by atoms with van der Waals surface area (Å²) in [4.78, 5) is 17.3. The Morgan fingerprint density at radius 1 is 1.60 bits per heavy atom. The Morgan fingerprint density at radius 2 is 2.40 bits per heavy atom. The molecule has 0 aliphatic carbocycles. The molecule has 2 aromatic heterocycles. The fourth-order valence-corrected chi connectivity index (χ4v) is 1.04. The molecule has 2 rings (SSSR count). The van der Waals surface area contributed by atoms with Gasteiger partial charge in [-0.25, -0.2) is 4.98 Å². The first kappa shape index (κ1) is 9.25. The first-order chi connectivity index (χ1) is 7.16. The molecule has 0 unspecified atom stereocenters. The Morgan fingerprint density at radius 3 is 3.07 bits per heavy atom. The first-order valence-electron chi connectivity index (χ1n) is 4.16. The van der Waals surface area contributed by atoms with Crippen LogP contribution in [-0.2, 0) is 7.05 Å². The second kappa shape index (κ2) is 3.45. The molecule has 15 heavy (non-hydrogen) atoms. The van der Waals surface area contributed by atoms with Crippen molar-refractivity contribution < 1.29 is 4.74 Å². The van der Waals surface area contributed by atoms with Crippen molar-refractivity contribution in [3.05, 3.63) is 29.1 Å². The average molecular weight is 207 g/mol. The van der Waals surface area contributed by atoms with E-state index in [4.69, 9.17) is 10.5 Å². The van der Waals surface area contributed by atoms with E-state index in [2.05, 4.69) is 15.1 Å². The third-order valence-electron chi connectivity index (χ3n) is 1.75. The smallest absolute Gasteiger partial charge is 0.277 e. The quantitative estimate of drug-likeness (QED) is 0.715. The molecule has 2 aromatic rings. The van der Waals surface area contributed by atoms with Crippen molar-refractivity contribution in [2.24, 2.45) is 7.05 Å². The molecule has 0 bridgehead atoms. The highest BCUT2D eigenvalue weighted by Crippen LogP contribution is 2.20. The summed E-state index contributed by atoms with van der Waals surface area (Å²) in [5, 5.41) is 3.90. The number of nitrogens with two attached hydrogens (primary N) is 1. The highest BCUT2D eigenvalue weighted by molar-refractivity contribution is 5.46. The second-order valence-electron chi connectivity index (χ2n) is 2.90. The SMILES string of the molecule is Cn1cc(Oc2nc[nH]c(=O)c2N)cn1. The number of aromatic nitrogens is 4. The summed E-state index contributed by atoms with van der Waals surface area (Å²) in [7, 11) is 1.75. The van der Waals surface area contributed by atoms with Crippen LogP contribution in [0.1, 0.15) is 0 Å². The van der Waals surface area contributed by atoms with Gasteiger partial charge in [-0.05, 0) is 0 Å². The standard InChI is InChI=1S/C8H9N5O2/c1-13-3-5(2-12-13)15-8-6(9)7(14)10-4-11-8/h2-4H,9H2,1H3,(H,10,11,14). The van der Waals surface area contributed by atoms with Gasteiger partial charge in [0, 0.05) is 7.05 Å².